The standard InChI is InChI=1S/C26H16N2O2/c29-17-27-21-12-10-20(11-13-21)24-15-14-22(28-18-30)16-26(24)25-9-5-4-8-23(25)19-6-2-1-3-7-19/h1-16H. The van der Waals surface area contributed by atoms with Crippen molar-refractivity contribution in [2.45, 2.75) is 0 Å². The van der Waals surface area contributed by atoms with Crippen LogP contribution in [0, 0.1) is 0 Å². The van der Waals surface area contributed by atoms with Crippen LogP contribution in [0.2, 0.25) is 0 Å². The Morgan fingerprint density at radius 1 is 0.467 bits per heavy atom. The molecule has 0 saturated carbocycles. The maximum Gasteiger partial charge on any atom is 0.240 e. The van der Waals surface area contributed by atoms with Gasteiger partial charge in [0.25, 0.3) is 0 Å². The van der Waals surface area contributed by atoms with Gasteiger partial charge < -0.3 is 0 Å². The second-order valence-electron chi connectivity index (χ2n) is 6.59. The van der Waals surface area contributed by atoms with E-state index in [2.05, 4.69) is 34.3 Å². The van der Waals surface area contributed by atoms with Crippen molar-refractivity contribution in [3.8, 4) is 33.4 Å². The van der Waals surface area contributed by atoms with Gasteiger partial charge in [0.2, 0.25) is 12.2 Å². The summed E-state index contributed by atoms with van der Waals surface area (Å²) in [6.07, 6.45) is 3.17. The topological polar surface area (TPSA) is 58.9 Å². The van der Waals surface area contributed by atoms with Crippen LogP contribution in [0.5, 0.6) is 0 Å². The van der Waals surface area contributed by atoms with Gasteiger partial charge in [-0.3, -0.25) is 0 Å². The fourth-order valence-corrected chi connectivity index (χ4v) is 3.48. The normalized spacial score (nSPS) is 10.0. The molecule has 0 radical (unpaired) electrons. The highest BCUT2D eigenvalue weighted by Crippen LogP contribution is 2.40. The molecule has 0 aliphatic heterocycles. The van der Waals surface area contributed by atoms with Crippen LogP contribution in [0.15, 0.2) is 107 Å². The Labute approximate surface area is 173 Å². The van der Waals surface area contributed by atoms with E-state index in [1.807, 2.05) is 54.6 Å². The molecular formula is C26H16N2O2. The fourth-order valence-electron chi connectivity index (χ4n) is 3.48. The average molecular weight is 388 g/mol. The van der Waals surface area contributed by atoms with Gasteiger partial charge in [0.1, 0.15) is 0 Å². The first kappa shape index (κ1) is 19.0. The molecule has 0 aliphatic rings. The van der Waals surface area contributed by atoms with Gasteiger partial charge in [0, 0.05) is 0 Å². The van der Waals surface area contributed by atoms with Gasteiger partial charge in [0.05, 0.1) is 11.4 Å². The smallest absolute Gasteiger partial charge is 0.211 e. The molecule has 0 heterocycles. The first-order valence-corrected chi connectivity index (χ1v) is 9.35. The van der Waals surface area contributed by atoms with Crippen LogP contribution in [0.4, 0.5) is 11.4 Å². The Balaban J connectivity index is 1.94. The highest BCUT2D eigenvalue weighted by Gasteiger charge is 2.13. The monoisotopic (exact) mass is 388 g/mol. The molecule has 4 aromatic carbocycles. The zero-order chi connectivity index (χ0) is 20.8. The van der Waals surface area contributed by atoms with Crippen molar-refractivity contribution in [3.05, 3.63) is 97.1 Å². The van der Waals surface area contributed by atoms with Crippen LogP contribution in [0.1, 0.15) is 0 Å². The van der Waals surface area contributed by atoms with Crippen LogP contribution >= 0.6 is 0 Å². The summed E-state index contributed by atoms with van der Waals surface area (Å²) in [7, 11) is 0. The van der Waals surface area contributed by atoms with Crippen LogP contribution < -0.4 is 0 Å². The van der Waals surface area contributed by atoms with E-state index in [0.29, 0.717) is 11.4 Å². The Hall–Kier alpha value is -4.36. The van der Waals surface area contributed by atoms with E-state index >= 15 is 0 Å². The zero-order valence-electron chi connectivity index (χ0n) is 15.9. The molecule has 0 fully saturated rings. The van der Waals surface area contributed by atoms with Gasteiger partial charge in [-0.1, -0.05) is 72.8 Å². The van der Waals surface area contributed by atoms with Gasteiger partial charge >= 0.3 is 0 Å². The number of benzene rings is 4. The van der Waals surface area contributed by atoms with Crippen LogP contribution in [0.3, 0.4) is 0 Å². The summed E-state index contributed by atoms with van der Waals surface area (Å²) in [6, 6.07) is 31.2. The molecule has 0 saturated heterocycles. The minimum Gasteiger partial charge on any atom is -0.211 e. The third-order valence-corrected chi connectivity index (χ3v) is 4.83. The average Bonchev–Trinajstić information content (AvgIpc) is 2.81. The highest BCUT2D eigenvalue weighted by molar-refractivity contribution is 5.93. The maximum absolute atomic E-state index is 10.8. The molecule has 0 spiro atoms. The van der Waals surface area contributed by atoms with Crippen molar-refractivity contribution in [3.63, 3.8) is 0 Å². The van der Waals surface area contributed by atoms with Crippen molar-refractivity contribution in [1.29, 1.82) is 0 Å². The Bertz CT molecular complexity index is 1280. The van der Waals surface area contributed by atoms with Gasteiger partial charge in [-0.2, -0.15) is 9.98 Å². The lowest BCUT2D eigenvalue weighted by Crippen LogP contribution is -1.89. The van der Waals surface area contributed by atoms with E-state index < -0.39 is 0 Å². The third kappa shape index (κ3) is 3.91. The summed E-state index contributed by atoms with van der Waals surface area (Å²) >= 11 is 0. The molecular weight excluding hydrogens is 372 g/mol. The molecule has 4 rings (SSSR count). The van der Waals surface area contributed by atoms with E-state index in [0.717, 1.165) is 33.4 Å². The number of rotatable bonds is 5. The van der Waals surface area contributed by atoms with Crippen molar-refractivity contribution in [2.75, 3.05) is 0 Å². The van der Waals surface area contributed by atoms with Crippen molar-refractivity contribution >= 4 is 23.5 Å². The second-order valence-corrected chi connectivity index (χ2v) is 6.59. The highest BCUT2D eigenvalue weighted by atomic mass is 16.1. The lowest BCUT2D eigenvalue weighted by molar-refractivity contribution is 0.564. The maximum atomic E-state index is 10.8. The van der Waals surface area contributed by atoms with E-state index in [1.54, 1.807) is 30.4 Å². The molecule has 0 N–H and O–H groups in total. The van der Waals surface area contributed by atoms with Crippen LogP contribution in [-0.4, -0.2) is 12.2 Å². The van der Waals surface area contributed by atoms with Crippen LogP contribution in [-0.2, 0) is 9.59 Å². The summed E-state index contributed by atoms with van der Waals surface area (Å²) in [4.78, 5) is 28.8. The summed E-state index contributed by atoms with van der Waals surface area (Å²) in [6.45, 7) is 0. The SMILES string of the molecule is O=C=Nc1ccc(-c2ccc(N=C=O)cc2-c2ccccc2-c2ccccc2)cc1. The molecule has 4 aromatic rings. The van der Waals surface area contributed by atoms with Gasteiger partial charge in [0.15, 0.2) is 0 Å². The van der Waals surface area contributed by atoms with E-state index in [9.17, 15) is 9.59 Å². The van der Waals surface area contributed by atoms with Gasteiger partial charge in [-0.15, -0.1) is 0 Å². The largest absolute Gasteiger partial charge is 0.240 e. The Morgan fingerprint density at radius 2 is 1.00 bits per heavy atom. The lowest BCUT2D eigenvalue weighted by atomic mass is 9.89. The fraction of sp³-hybridized carbons (Fsp3) is 0. The van der Waals surface area contributed by atoms with Gasteiger partial charge in [-0.05, 0) is 57.6 Å². The quantitative estimate of drug-likeness (QED) is 0.285. The third-order valence-electron chi connectivity index (χ3n) is 4.83. The molecule has 0 aromatic heterocycles. The lowest BCUT2D eigenvalue weighted by Gasteiger charge is -2.15. The van der Waals surface area contributed by atoms with Crippen molar-refractivity contribution < 1.29 is 9.59 Å². The van der Waals surface area contributed by atoms with Crippen molar-refractivity contribution in [2.24, 2.45) is 9.98 Å². The number of hydrogen-bond acceptors (Lipinski definition) is 4. The molecule has 142 valence electrons. The number of hydrogen-bond donors (Lipinski definition) is 0. The molecule has 0 aliphatic carbocycles. The number of carbonyl (C=O) groups excluding carboxylic acids is 2. The van der Waals surface area contributed by atoms with E-state index in [4.69, 9.17) is 0 Å². The van der Waals surface area contributed by atoms with E-state index in [1.165, 1.54) is 0 Å². The number of aliphatic imine (C=N–C) groups is 2. The van der Waals surface area contributed by atoms with E-state index in [-0.39, 0.29) is 0 Å². The first-order chi connectivity index (χ1) is 14.8. The van der Waals surface area contributed by atoms with Gasteiger partial charge in [-0.25, -0.2) is 9.59 Å². The summed E-state index contributed by atoms with van der Waals surface area (Å²) < 4.78 is 0. The minimum atomic E-state index is 0.536. The van der Waals surface area contributed by atoms with Crippen LogP contribution in [0.25, 0.3) is 33.4 Å². The Kier molecular flexibility index (Phi) is 5.54. The molecule has 4 nitrogen and oxygen atoms in total. The Morgan fingerprint density at radius 3 is 1.70 bits per heavy atom. The zero-order valence-corrected chi connectivity index (χ0v) is 15.9. The predicted molar refractivity (Wildman–Crippen MR) is 118 cm³/mol. The number of isocyanates is 2. The predicted octanol–water partition coefficient (Wildman–Crippen LogP) is 6.62. The molecule has 0 amide bonds. The van der Waals surface area contributed by atoms with Crippen molar-refractivity contribution in [1.82, 2.24) is 0 Å². The minimum absolute atomic E-state index is 0.536. The number of nitrogens with zero attached hydrogens (tertiary/aromatic N) is 2. The summed E-state index contributed by atoms with van der Waals surface area (Å²) in [5.41, 5.74) is 7.15. The molecule has 4 heteroatoms. The second kappa shape index (κ2) is 8.76. The summed E-state index contributed by atoms with van der Waals surface area (Å²) in [5, 5.41) is 0. The molecule has 0 unspecified atom stereocenters. The summed E-state index contributed by atoms with van der Waals surface area (Å²) in [5.74, 6) is 0. The molecule has 30 heavy (non-hydrogen) atoms. The molecule has 0 atom stereocenters. The molecule has 0 bridgehead atoms. The first-order valence-electron chi connectivity index (χ1n) is 9.35.